The van der Waals surface area contributed by atoms with Crippen LogP contribution in [0.4, 0.5) is 4.79 Å². The molecule has 7 nitrogen and oxygen atoms in total. The van der Waals surface area contributed by atoms with Gasteiger partial charge in [-0.2, -0.15) is 17.4 Å². The summed E-state index contributed by atoms with van der Waals surface area (Å²) in [6.07, 6.45) is 1.45. The molecule has 0 aromatic heterocycles. The fraction of sp³-hybridized carbons (Fsp3) is 0.409. The average molecular weight is 432 g/mol. The third-order valence-corrected chi connectivity index (χ3v) is 7.01. The molecule has 2 atom stereocenters. The highest BCUT2D eigenvalue weighted by Crippen LogP contribution is 2.26. The number of piperidine rings is 1. The number of rotatable bonds is 6. The molecule has 0 aliphatic carbocycles. The molecule has 2 aromatic carbocycles. The second-order valence-electron chi connectivity index (χ2n) is 7.66. The molecule has 1 N–H and O–H groups in total. The van der Waals surface area contributed by atoms with E-state index in [0.717, 1.165) is 21.0 Å². The van der Waals surface area contributed by atoms with Crippen LogP contribution in [0.1, 0.15) is 18.4 Å². The summed E-state index contributed by atoms with van der Waals surface area (Å²) in [5.74, 6) is 0. The van der Waals surface area contributed by atoms with Crippen molar-refractivity contribution in [2.75, 3.05) is 27.7 Å². The third kappa shape index (κ3) is 5.19. The lowest BCUT2D eigenvalue weighted by molar-refractivity contribution is 0.0790. The highest BCUT2D eigenvalue weighted by atomic mass is 32.2. The third-order valence-electron chi connectivity index (χ3n) is 5.45. The van der Waals surface area contributed by atoms with Crippen LogP contribution in [0, 0.1) is 0 Å². The fourth-order valence-electron chi connectivity index (χ4n) is 3.84. The highest BCUT2D eigenvalue weighted by molar-refractivity contribution is 7.87. The summed E-state index contributed by atoms with van der Waals surface area (Å²) in [5, 5.41) is 0. The molecule has 1 heterocycles. The predicted molar refractivity (Wildman–Crippen MR) is 117 cm³/mol. The van der Waals surface area contributed by atoms with E-state index in [4.69, 9.17) is 4.74 Å². The van der Waals surface area contributed by atoms with Crippen molar-refractivity contribution in [2.45, 2.75) is 31.3 Å². The molecule has 0 spiro atoms. The van der Waals surface area contributed by atoms with Gasteiger partial charge in [0.2, 0.25) is 0 Å². The van der Waals surface area contributed by atoms with Gasteiger partial charge in [0.05, 0.1) is 13.2 Å². The van der Waals surface area contributed by atoms with Gasteiger partial charge in [-0.15, -0.1) is 0 Å². The van der Waals surface area contributed by atoms with Crippen molar-refractivity contribution in [3.8, 4) is 11.1 Å². The van der Waals surface area contributed by atoms with Crippen molar-refractivity contribution in [3.63, 3.8) is 0 Å². The van der Waals surface area contributed by atoms with Crippen molar-refractivity contribution in [1.29, 1.82) is 0 Å². The Kier molecular flexibility index (Phi) is 7.12. The highest BCUT2D eigenvalue weighted by Gasteiger charge is 2.37. The number of carbonyl (C=O) groups excluding carboxylic acids is 1. The molecule has 1 aliphatic rings. The van der Waals surface area contributed by atoms with E-state index >= 15 is 0 Å². The van der Waals surface area contributed by atoms with Crippen molar-refractivity contribution in [2.24, 2.45) is 0 Å². The zero-order valence-corrected chi connectivity index (χ0v) is 18.4. The first-order valence-electron chi connectivity index (χ1n) is 10.0. The van der Waals surface area contributed by atoms with E-state index in [9.17, 15) is 13.2 Å². The largest absolute Gasteiger partial charge is 0.453 e. The van der Waals surface area contributed by atoms with E-state index in [2.05, 4.69) is 22.9 Å². The molecule has 2 aromatic rings. The molecule has 0 saturated carbocycles. The van der Waals surface area contributed by atoms with E-state index in [1.807, 2.05) is 36.4 Å². The first-order chi connectivity index (χ1) is 14.3. The Morgan fingerprint density at radius 1 is 1.13 bits per heavy atom. The van der Waals surface area contributed by atoms with E-state index < -0.39 is 22.3 Å². The van der Waals surface area contributed by atoms with Crippen LogP contribution in [0.25, 0.3) is 11.1 Å². The van der Waals surface area contributed by atoms with Gasteiger partial charge in [-0.05, 0) is 36.0 Å². The number of nitrogens with one attached hydrogen (secondary N) is 1. The standard InChI is InChI=1S/C22H29N3O4S/c1-24(2)30(27,28)23-20-13-8-14-25(22(26)29-3)21(20)16-17-9-7-12-19(15-17)18-10-5-4-6-11-18/h4-7,9-12,15,20-21,23H,8,13-14,16H2,1-3H3/t20-,21-/m0/s1. The lowest BCUT2D eigenvalue weighted by atomic mass is 9.90. The Morgan fingerprint density at radius 3 is 2.50 bits per heavy atom. The lowest BCUT2D eigenvalue weighted by Gasteiger charge is -2.41. The summed E-state index contributed by atoms with van der Waals surface area (Å²) in [6, 6.07) is 17.5. The van der Waals surface area contributed by atoms with Gasteiger partial charge in [0.25, 0.3) is 10.2 Å². The second-order valence-corrected chi connectivity index (χ2v) is 9.57. The van der Waals surface area contributed by atoms with Crippen LogP contribution >= 0.6 is 0 Å². The summed E-state index contributed by atoms with van der Waals surface area (Å²) in [6.45, 7) is 0.538. The van der Waals surface area contributed by atoms with Gasteiger partial charge in [-0.3, -0.25) is 0 Å². The van der Waals surface area contributed by atoms with E-state index in [-0.39, 0.29) is 6.04 Å². The minimum Gasteiger partial charge on any atom is -0.453 e. The van der Waals surface area contributed by atoms with E-state index in [1.165, 1.54) is 21.2 Å². The SMILES string of the molecule is COC(=O)N1CCC[C@H](NS(=O)(=O)N(C)C)[C@@H]1Cc1cccc(-c2ccccc2)c1. The number of amides is 1. The Balaban J connectivity index is 1.90. The maximum atomic E-state index is 12.5. The van der Waals surface area contributed by atoms with Crippen LogP contribution in [-0.4, -0.2) is 63.5 Å². The first-order valence-corrected chi connectivity index (χ1v) is 11.4. The van der Waals surface area contributed by atoms with Crippen LogP contribution in [0.2, 0.25) is 0 Å². The molecule has 1 amide bonds. The average Bonchev–Trinajstić information content (AvgIpc) is 2.75. The van der Waals surface area contributed by atoms with Gasteiger partial charge in [-0.1, -0.05) is 54.6 Å². The number of benzene rings is 2. The molecule has 30 heavy (non-hydrogen) atoms. The zero-order valence-electron chi connectivity index (χ0n) is 17.6. The molecular weight excluding hydrogens is 402 g/mol. The Labute approximate surface area is 178 Å². The van der Waals surface area contributed by atoms with Gasteiger partial charge < -0.3 is 9.64 Å². The summed E-state index contributed by atoms with van der Waals surface area (Å²) < 4.78 is 33.8. The summed E-state index contributed by atoms with van der Waals surface area (Å²) in [4.78, 5) is 14.1. The van der Waals surface area contributed by atoms with Gasteiger partial charge in [0.1, 0.15) is 0 Å². The summed E-state index contributed by atoms with van der Waals surface area (Å²) in [7, 11) is 0.700. The molecule has 1 fully saturated rings. The molecule has 162 valence electrons. The Bertz CT molecular complexity index is 963. The minimum atomic E-state index is -3.63. The van der Waals surface area contributed by atoms with Gasteiger partial charge in [-0.25, -0.2) is 4.79 Å². The lowest BCUT2D eigenvalue weighted by Crippen LogP contribution is -2.59. The van der Waals surface area contributed by atoms with Crippen LogP contribution in [0.5, 0.6) is 0 Å². The monoisotopic (exact) mass is 431 g/mol. The predicted octanol–water partition coefficient (Wildman–Crippen LogP) is 2.89. The van der Waals surface area contributed by atoms with Crippen LogP contribution in [-0.2, 0) is 21.4 Å². The zero-order chi connectivity index (χ0) is 21.7. The Hall–Kier alpha value is -2.42. The number of ether oxygens (including phenoxy) is 1. The molecule has 1 saturated heterocycles. The van der Waals surface area contributed by atoms with Gasteiger partial charge in [0, 0.05) is 26.7 Å². The van der Waals surface area contributed by atoms with E-state index in [0.29, 0.717) is 25.8 Å². The molecule has 0 radical (unpaired) electrons. The first kappa shape index (κ1) is 22.3. The van der Waals surface area contributed by atoms with Crippen LogP contribution in [0.15, 0.2) is 54.6 Å². The number of nitrogens with zero attached hydrogens (tertiary/aromatic N) is 2. The number of hydrogen-bond acceptors (Lipinski definition) is 4. The molecule has 0 unspecified atom stereocenters. The summed E-state index contributed by atoms with van der Waals surface area (Å²) >= 11 is 0. The summed E-state index contributed by atoms with van der Waals surface area (Å²) in [5.41, 5.74) is 3.22. The molecule has 0 bridgehead atoms. The number of carbonyl (C=O) groups is 1. The van der Waals surface area contributed by atoms with Gasteiger partial charge >= 0.3 is 6.09 Å². The molecular formula is C22H29N3O4S. The van der Waals surface area contributed by atoms with Gasteiger partial charge in [0.15, 0.2) is 0 Å². The number of hydrogen-bond donors (Lipinski definition) is 1. The van der Waals surface area contributed by atoms with E-state index in [1.54, 1.807) is 4.90 Å². The Morgan fingerprint density at radius 2 is 1.83 bits per heavy atom. The molecule has 8 heteroatoms. The van der Waals surface area contributed by atoms with Crippen molar-refractivity contribution < 1.29 is 17.9 Å². The second kappa shape index (κ2) is 9.59. The smallest absolute Gasteiger partial charge is 0.409 e. The molecule has 3 rings (SSSR count). The fourth-order valence-corrected chi connectivity index (χ4v) is 4.71. The normalized spacial score (nSPS) is 19.7. The van der Waals surface area contributed by atoms with Crippen molar-refractivity contribution in [3.05, 3.63) is 60.2 Å². The quantitative estimate of drug-likeness (QED) is 0.763. The number of likely N-dealkylation sites (tertiary alicyclic amines) is 1. The van der Waals surface area contributed by atoms with Crippen LogP contribution < -0.4 is 4.72 Å². The van der Waals surface area contributed by atoms with Crippen molar-refractivity contribution >= 4 is 16.3 Å². The minimum absolute atomic E-state index is 0.341. The van der Waals surface area contributed by atoms with Crippen molar-refractivity contribution in [1.82, 2.24) is 13.9 Å². The molecule has 1 aliphatic heterocycles. The maximum absolute atomic E-state index is 12.5. The maximum Gasteiger partial charge on any atom is 0.409 e. The van der Waals surface area contributed by atoms with Crippen LogP contribution in [0.3, 0.4) is 0 Å². The topological polar surface area (TPSA) is 79.0 Å². The number of methoxy groups -OCH3 is 1.